The molecule has 0 spiro atoms. The summed E-state index contributed by atoms with van der Waals surface area (Å²) in [6, 6.07) is 1.59. The van der Waals surface area contributed by atoms with E-state index >= 15 is 0 Å². The highest BCUT2D eigenvalue weighted by Gasteiger charge is 2.29. The Balaban J connectivity index is 2.55. The van der Waals surface area contributed by atoms with Gasteiger partial charge in [-0.2, -0.15) is 0 Å². The van der Waals surface area contributed by atoms with Crippen LogP contribution in [0.3, 0.4) is 0 Å². The van der Waals surface area contributed by atoms with Gasteiger partial charge in [-0.1, -0.05) is 34.6 Å². The molecule has 0 amide bonds. The summed E-state index contributed by atoms with van der Waals surface area (Å²) in [5.41, 5.74) is 0. The molecule has 0 aromatic rings. The van der Waals surface area contributed by atoms with Crippen LogP contribution in [0.2, 0.25) is 0 Å². The lowest BCUT2D eigenvalue weighted by molar-refractivity contribution is 0.0767. The molecule has 2 nitrogen and oxygen atoms in total. The molecule has 0 aromatic heterocycles. The Morgan fingerprint density at radius 2 is 1.56 bits per heavy atom. The molecule has 16 heavy (non-hydrogen) atoms. The number of nitrogens with zero attached hydrogens (tertiary/aromatic N) is 1. The average Bonchev–Trinajstić information content (AvgIpc) is 2.07. The van der Waals surface area contributed by atoms with Gasteiger partial charge in [-0.3, -0.25) is 4.90 Å². The largest absolute Gasteiger partial charge is 0.314 e. The van der Waals surface area contributed by atoms with E-state index < -0.39 is 0 Å². The highest BCUT2D eigenvalue weighted by molar-refractivity contribution is 4.88. The number of hydrogen-bond acceptors (Lipinski definition) is 2. The van der Waals surface area contributed by atoms with Crippen molar-refractivity contribution in [3.05, 3.63) is 0 Å². The van der Waals surface area contributed by atoms with Gasteiger partial charge in [-0.05, 0) is 31.2 Å². The molecule has 1 fully saturated rings. The fraction of sp³-hybridized carbons (Fsp3) is 1.00. The first-order valence-electron chi connectivity index (χ1n) is 7.01. The smallest absolute Gasteiger partial charge is 0.0348 e. The van der Waals surface area contributed by atoms with Gasteiger partial charge in [-0.15, -0.1) is 0 Å². The standard InChI is InChI=1S/C14H30N2/c1-6-16(14-9-15-10-14)13(7-11(2)3)8-12(4)5/h11-15H,6-10H2,1-5H3. The molecule has 1 heterocycles. The van der Waals surface area contributed by atoms with Crippen LogP contribution >= 0.6 is 0 Å². The Morgan fingerprint density at radius 1 is 1.06 bits per heavy atom. The minimum Gasteiger partial charge on any atom is -0.314 e. The second kappa shape index (κ2) is 6.61. The van der Waals surface area contributed by atoms with Crippen LogP contribution in [0.1, 0.15) is 47.5 Å². The molecule has 0 atom stereocenters. The molecule has 1 saturated heterocycles. The van der Waals surface area contributed by atoms with Crippen LogP contribution in [-0.2, 0) is 0 Å². The van der Waals surface area contributed by atoms with Crippen LogP contribution in [0.15, 0.2) is 0 Å². The molecule has 0 aliphatic carbocycles. The van der Waals surface area contributed by atoms with Crippen molar-refractivity contribution in [2.45, 2.75) is 59.5 Å². The maximum atomic E-state index is 3.40. The number of hydrogen-bond donors (Lipinski definition) is 1. The second-order valence-corrected chi connectivity index (χ2v) is 6.06. The van der Waals surface area contributed by atoms with E-state index in [-0.39, 0.29) is 0 Å². The topological polar surface area (TPSA) is 15.3 Å². The van der Waals surface area contributed by atoms with Crippen LogP contribution in [-0.4, -0.2) is 36.6 Å². The fourth-order valence-corrected chi connectivity index (χ4v) is 2.78. The van der Waals surface area contributed by atoms with Gasteiger partial charge in [0.05, 0.1) is 0 Å². The van der Waals surface area contributed by atoms with Crippen LogP contribution in [0.25, 0.3) is 0 Å². The molecule has 0 unspecified atom stereocenters. The van der Waals surface area contributed by atoms with E-state index in [1.807, 2.05) is 0 Å². The van der Waals surface area contributed by atoms with Crippen molar-refractivity contribution in [1.82, 2.24) is 10.2 Å². The zero-order valence-corrected chi connectivity index (χ0v) is 11.8. The first-order chi connectivity index (χ1) is 7.54. The van der Waals surface area contributed by atoms with Crippen LogP contribution in [0.4, 0.5) is 0 Å². The molecule has 1 aliphatic heterocycles. The zero-order valence-electron chi connectivity index (χ0n) is 11.8. The van der Waals surface area contributed by atoms with E-state index in [2.05, 4.69) is 44.8 Å². The summed E-state index contributed by atoms with van der Waals surface area (Å²) in [6.45, 7) is 15.3. The van der Waals surface area contributed by atoms with Gasteiger partial charge in [-0.25, -0.2) is 0 Å². The van der Waals surface area contributed by atoms with E-state index in [9.17, 15) is 0 Å². The molecule has 0 saturated carbocycles. The van der Waals surface area contributed by atoms with Crippen molar-refractivity contribution >= 4 is 0 Å². The molecule has 96 valence electrons. The monoisotopic (exact) mass is 226 g/mol. The van der Waals surface area contributed by atoms with Crippen LogP contribution < -0.4 is 5.32 Å². The minimum absolute atomic E-state index is 0.789. The molecule has 1 aliphatic rings. The van der Waals surface area contributed by atoms with Gasteiger partial charge in [0.25, 0.3) is 0 Å². The summed E-state index contributed by atoms with van der Waals surface area (Å²) in [7, 11) is 0. The van der Waals surface area contributed by atoms with Crippen molar-refractivity contribution in [2.24, 2.45) is 11.8 Å². The first kappa shape index (κ1) is 14.0. The fourth-order valence-electron chi connectivity index (χ4n) is 2.78. The molecular weight excluding hydrogens is 196 g/mol. The van der Waals surface area contributed by atoms with E-state index in [4.69, 9.17) is 0 Å². The Bertz CT molecular complexity index is 175. The normalized spacial score (nSPS) is 17.8. The molecule has 0 bridgehead atoms. The lowest BCUT2D eigenvalue weighted by Crippen LogP contribution is -2.60. The summed E-state index contributed by atoms with van der Waals surface area (Å²) in [5.74, 6) is 1.62. The third-order valence-corrected chi connectivity index (χ3v) is 3.55. The summed E-state index contributed by atoms with van der Waals surface area (Å²) in [5, 5.41) is 3.40. The Labute approximate surface area is 102 Å². The quantitative estimate of drug-likeness (QED) is 0.718. The van der Waals surface area contributed by atoms with Crippen molar-refractivity contribution in [1.29, 1.82) is 0 Å². The predicted octanol–water partition coefficient (Wildman–Crippen LogP) is 2.74. The van der Waals surface area contributed by atoms with Gasteiger partial charge < -0.3 is 5.32 Å². The minimum atomic E-state index is 0.789. The summed E-state index contributed by atoms with van der Waals surface area (Å²) in [6.07, 6.45) is 2.70. The maximum Gasteiger partial charge on any atom is 0.0348 e. The lowest BCUT2D eigenvalue weighted by atomic mass is 9.92. The molecule has 1 rings (SSSR count). The number of rotatable bonds is 7. The van der Waals surface area contributed by atoms with E-state index in [0.717, 1.165) is 23.9 Å². The molecule has 2 heteroatoms. The SMILES string of the molecule is CCN(C1CNC1)C(CC(C)C)CC(C)C. The molecular formula is C14H30N2. The van der Waals surface area contributed by atoms with Crippen LogP contribution in [0, 0.1) is 11.8 Å². The van der Waals surface area contributed by atoms with Gasteiger partial charge in [0, 0.05) is 25.2 Å². The summed E-state index contributed by atoms with van der Waals surface area (Å²) >= 11 is 0. The van der Waals surface area contributed by atoms with Gasteiger partial charge in [0.1, 0.15) is 0 Å². The van der Waals surface area contributed by atoms with Crippen molar-refractivity contribution in [2.75, 3.05) is 19.6 Å². The number of likely N-dealkylation sites (N-methyl/N-ethyl adjacent to an activating group) is 1. The van der Waals surface area contributed by atoms with Crippen molar-refractivity contribution < 1.29 is 0 Å². The third-order valence-electron chi connectivity index (χ3n) is 3.55. The van der Waals surface area contributed by atoms with Crippen molar-refractivity contribution in [3.8, 4) is 0 Å². The van der Waals surface area contributed by atoms with E-state index in [1.54, 1.807) is 0 Å². The Hall–Kier alpha value is -0.0800. The summed E-state index contributed by atoms with van der Waals surface area (Å²) < 4.78 is 0. The number of nitrogens with one attached hydrogen (secondary N) is 1. The van der Waals surface area contributed by atoms with Crippen molar-refractivity contribution in [3.63, 3.8) is 0 Å². The molecule has 1 N–H and O–H groups in total. The zero-order chi connectivity index (χ0) is 12.1. The molecule has 0 radical (unpaired) electrons. The van der Waals surface area contributed by atoms with Gasteiger partial charge in [0.15, 0.2) is 0 Å². The van der Waals surface area contributed by atoms with E-state index in [1.165, 1.54) is 32.5 Å². The maximum absolute atomic E-state index is 3.40. The predicted molar refractivity (Wildman–Crippen MR) is 71.7 cm³/mol. The highest BCUT2D eigenvalue weighted by Crippen LogP contribution is 2.22. The van der Waals surface area contributed by atoms with Gasteiger partial charge in [0.2, 0.25) is 0 Å². The molecule has 0 aromatic carbocycles. The van der Waals surface area contributed by atoms with E-state index in [0.29, 0.717) is 0 Å². The van der Waals surface area contributed by atoms with Crippen LogP contribution in [0.5, 0.6) is 0 Å². The Morgan fingerprint density at radius 3 is 1.81 bits per heavy atom. The lowest BCUT2D eigenvalue weighted by Gasteiger charge is -2.43. The van der Waals surface area contributed by atoms with Gasteiger partial charge >= 0.3 is 0 Å². The summed E-state index contributed by atoms with van der Waals surface area (Å²) in [4.78, 5) is 2.73. The Kier molecular flexibility index (Phi) is 5.77. The second-order valence-electron chi connectivity index (χ2n) is 6.06. The first-order valence-corrected chi connectivity index (χ1v) is 7.01. The third kappa shape index (κ3) is 4.06. The highest BCUT2D eigenvalue weighted by atomic mass is 15.2. The average molecular weight is 226 g/mol.